The molecule has 0 aliphatic heterocycles. The molecule has 66 valence electrons. The number of hydrogen-bond acceptors (Lipinski definition) is 2. The van der Waals surface area contributed by atoms with Crippen LogP contribution in [0.15, 0.2) is 18.2 Å². The van der Waals surface area contributed by atoms with Crippen molar-refractivity contribution in [2.45, 2.75) is 26.4 Å². The van der Waals surface area contributed by atoms with Gasteiger partial charge in [0.05, 0.1) is 6.10 Å². The molecule has 0 saturated heterocycles. The highest BCUT2D eigenvalue weighted by molar-refractivity contribution is 5.49. The highest BCUT2D eigenvalue weighted by atomic mass is 16.3. The predicted octanol–water partition coefficient (Wildman–Crippen LogP) is 2.02. The van der Waals surface area contributed by atoms with E-state index in [9.17, 15) is 5.11 Å². The number of aryl methyl sites for hydroxylation is 1. The molecule has 0 aliphatic carbocycles. The summed E-state index contributed by atoms with van der Waals surface area (Å²) in [5.74, 6) is 0. The molecule has 0 heterocycles. The molecule has 0 spiro atoms. The molecule has 0 fully saturated rings. The monoisotopic (exact) mass is 165 g/mol. The number of benzene rings is 1. The lowest BCUT2D eigenvalue weighted by atomic mass is 10.0. The van der Waals surface area contributed by atoms with E-state index in [2.05, 4.69) is 0 Å². The average Bonchev–Trinajstić information content (AvgIpc) is 2.03. The molecule has 0 bridgehead atoms. The molecule has 2 heteroatoms. The van der Waals surface area contributed by atoms with E-state index in [1.165, 1.54) is 0 Å². The maximum Gasteiger partial charge on any atom is 0.0807 e. The third-order valence-electron chi connectivity index (χ3n) is 1.99. The normalized spacial score (nSPS) is 12.9. The summed E-state index contributed by atoms with van der Waals surface area (Å²) in [4.78, 5) is 0. The lowest BCUT2D eigenvalue weighted by molar-refractivity contribution is 0.174. The van der Waals surface area contributed by atoms with Gasteiger partial charge in [-0.05, 0) is 25.0 Å². The smallest absolute Gasteiger partial charge is 0.0807 e. The van der Waals surface area contributed by atoms with E-state index in [1.54, 1.807) is 0 Å². The van der Waals surface area contributed by atoms with Gasteiger partial charge in [-0.3, -0.25) is 0 Å². The number of nitrogens with two attached hydrogens (primary N) is 1. The molecular formula is C10H15NO. The molecule has 12 heavy (non-hydrogen) atoms. The van der Waals surface area contributed by atoms with E-state index in [0.717, 1.165) is 11.1 Å². The highest BCUT2D eigenvalue weighted by Crippen LogP contribution is 2.23. The van der Waals surface area contributed by atoms with Gasteiger partial charge in [-0.2, -0.15) is 0 Å². The van der Waals surface area contributed by atoms with Crippen LogP contribution in [-0.4, -0.2) is 5.11 Å². The Kier molecular flexibility index (Phi) is 2.71. The Labute approximate surface area is 73.0 Å². The van der Waals surface area contributed by atoms with Crippen molar-refractivity contribution in [2.24, 2.45) is 0 Å². The van der Waals surface area contributed by atoms with Crippen molar-refractivity contribution in [3.63, 3.8) is 0 Å². The molecule has 1 unspecified atom stereocenters. The summed E-state index contributed by atoms with van der Waals surface area (Å²) in [6.07, 6.45) is 0.276. The van der Waals surface area contributed by atoms with Crippen LogP contribution in [0.1, 0.15) is 30.6 Å². The molecule has 0 aliphatic rings. The van der Waals surface area contributed by atoms with Crippen LogP contribution in [0.5, 0.6) is 0 Å². The van der Waals surface area contributed by atoms with E-state index < -0.39 is 6.10 Å². The van der Waals surface area contributed by atoms with Gasteiger partial charge in [-0.1, -0.05) is 19.1 Å². The largest absolute Gasteiger partial charge is 0.398 e. The maximum absolute atomic E-state index is 9.52. The summed E-state index contributed by atoms with van der Waals surface area (Å²) in [5.41, 5.74) is 8.38. The molecular weight excluding hydrogens is 150 g/mol. The molecule has 0 saturated carbocycles. The van der Waals surface area contributed by atoms with Gasteiger partial charge in [0, 0.05) is 11.3 Å². The van der Waals surface area contributed by atoms with Crippen LogP contribution in [-0.2, 0) is 0 Å². The Morgan fingerprint density at radius 3 is 2.67 bits per heavy atom. The van der Waals surface area contributed by atoms with Crippen LogP contribution < -0.4 is 5.73 Å². The number of rotatable bonds is 2. The summed E-state index contributed by atoms with van der Waals surface area (Å²) < 4.78 is 0. The molecule has 1 aromatic carbocycles. The van der Waals surface area contributed by atoms with Crippen LogP contribution in [0.3, 0.4) is 0 Å². The van der Waals surface area contributed by atoms with E-state index in [4.69, 9.17) is 5.73 Å². The first kappa shape index (κ1) is 9.07. The van der Waals surface area contributed by atoms with Crippen molar-refractivity contribution in [2.75, 3.05) is 5.73 Å². The van der Waals surface area contributed by atoms with Crippen molar-refractivity contribution in [3.8, 4) is 0 Å². The van der Waals surface area contributed by atoms with Crippen molar-refractivity contribution >= 4 is 5.69 Å². The second kappa shape index (κ2) is 3.59. The van der Waals surface area contributed by atoms with Crippen LogP contribution >= 0.6 is 0 Å². The summed E-state index contributed by atoms with van der Waals surface area (Å²) in [7, 11) is 0. The minimum atomic E-state index is -0.425. The summed E-state index contributed by atoms with van der Waals surface area (Å²) in [5, 5.41) is 9.52. The second-order valence-corrected chi connectivity index (χ2v) is 3.06. The molecule has 1 aromatic rings. The van der Waals surface area contributed by atoms with E-state index in [1.807, 2.05) is 32.0 Å². The van der Waals surface area contributed by atoms with E-state index in [0.29, 0.717) is 12.1 Å². The molecule has 1 rings (SSSR count). The van der Waals surface area contributed by atoms with Gasteiger partial charge in [0.1, 0.15) is 0 Å². The zero-order valence-corrected chi connectivity index (χ0v) is 7.54. The molecule has 2 nitrogen and oxygen atoms in total. The van der Waals surface area contributed by atoms with Crippen molar-refractivity contribution in [1.29, 1.82) is 0 Å². The molecule has 1 atom stereocenters. The SMILES string of the molecule is CCC(O)c1ccc(C)cc1N. The Hall–Kier alpha value is -1.02. The van der Waals surface area contributed by atoms with Crippen molar-refractivity contribution in [1.82, 2.24) is 0 Å². The fourth-order valence-corrected chi connectivity index (χ4v) is 1.22. The lowest BCUT2D eigenvalue weighted by Crippen LogP contribution is -2.00. The topological polar surface area (TPSA) is 46.2 Å². The summed E-state index contributed by atoms with van der Waals surface area (Å²) >= 11 is 0. The molecule has 0 amide bonds. The minimum Gasteiger partial charge on any atom is -0.398 e. The number of anilines is 1. The van der Waals surface area contributed by atoms with E-state index >= 15 is 0 Å². The Morgan fingerprint density at radius 2 is 2.17 bits per heavy atom. The number of hydrogen-bond donors (Lipinski definition) is 2. The quantitative estimate of drug-likeness (QED) is 0.658. The Balaban J connectivity index is 3.01. The zero-order chi connectivity index (χ0) is 9.14. The maximum atomic E-state index is 9.52. The van der Waals surface area contributed by atoms with E-state index in [-0.39, 0.29) is 0 Å². The summed E-state index contributed by atoms with van der Waals surface area (Å²) in [6.45, 7) is 3.92. The van der Waals surface area contributed by atoms with Gasteiger partial charge in [0.2, 0.25) is 0 Å². The lowest BCUT2D eigenvalue weighted by Gasteiger charge is -2.11. The van der Waals surface area contributed by atoms with Gasteiger partial charge < -0.3 is 10.8 Å². The number of aliphatic hydroxyl groups is 1. The first-order valence-corrected chi connectivity index (χ1v) is 4.19. The zero-order valence-electron chi connectivity index (χ0n) is 7.54. The second-order valence-electron chi connectivity index (χ2n) is 3.06. The van der Waals surface area contributed by atoms with Crippen LogP contribution in [0.25, 0.3) is 0 Å². The fraction of sp³-hybridized carbons (Fsp3) is 0.400. The minimum absolute atomic E-state index is 0.425. The van der Waals surface area contributed by atoms with Gasteiger partial charge in [0.25, 0.3) is 0 Å². The standard InChI is InChI=1S/C10H15NO/c1-3-10(12)8-5-4-7(2)6-9(8)11/h4-6,10,12H,3,11H2,1-2H3. The van der Waals surface area contributed by atoms with Crippen LogP contribution in [0, 0.1) is 6.92 Å². The molecule has 3 N–H and O–H groups in total. The van der Waals surface area contributed by atoms with Crippen LogP contribution in [0.4, 0.5) is 5.69 Å². The predicted molar refractivity (Wildman–Crippen MR) is 50.8 cm³/mol. The Morgan fingerprint density at radius 1 is 1.50 bits per heavy atom. The van der Waals surface area contributed by atoms with Crippen molar-refractivity contribution < 1.29 is 5.11 Å². The average molecular weight is 165 g/mol. The third kappa shape index (κ3) is 1.77. The Bertz CT molecular complexity index is 271. The summed E-state index contributed by atoms with van der Waals surface area (Å²) in [6, 6.07) is 5.73. The van der Waals surface area contributed by atoms with Gasteiger partial charge >= 0.3 is 0 Å². The van der Waals surface area contributed by atoms with Gasteiger partial charge in [-0.25, -0.2) is 0 Å². The molecule has 0 radical (unpaired) electrons. The number of aliphatic hydroxyl groups excluding tert-OH is 1. The third-order valence-corrected chi connectivity index (χ3v) is 1.99. The fourth-order valence-electron chi connectivity index (χ4n) is 1.22. The van der Waals surface area contributed by atoms with Crippen LogP contribution in [0.2, 0.25) is 0 Å². The number of nitrogen functional groups attached to an aromatic ring is 1. The molecule has 0 aromatic heterocycles. The highest BCUT2D eigenvalue weighted by Gasteiger charge is 2.07. The first-order chi connectivity index (χ1) is 5.65. The van der Waals surface area contributed by atoms with Gasteiger partial charge in [0.15, 0.2) is 0 Å². The first-order valence-electron chi connectivity index (χ1n) is 4.19. The van der Waals surface area contributed by atoms with Crippen molar-refractivity contribution in [3.05, 3.63) is 29.3 Å². The van der Waals surface area contributed by atoms with Gasteiger partial charge in [-0.15, -0.1) is 0 Å².